The largest absolute Gasteiger partial charge is 0.292 e. The fraction of sp³-hybridized carbons (Fsp3) is 0.231. The second-order valence-corrected chi connectivity index (χ2v) is 4.48. The number of ketones is 1. The number of hydrogen-bond acceptors (Lipinski definition) is 2. The topological polar surface area (TPSA) is 34.9 Å². The maximum Gasteiger partial charge on any atom is 0.187 e. The molecule has 2 rings (SSSR count). The second kappa shape index (κ2) is 4.72. The number of aryl methyl sites for hydroxylation is 1. The number of aromatic nitrogens is 2. The monoisotopic (exact) mass is 248 g/mol. The van der Waals surface area contributed by atoms with Crippen LogP contribution in [-0.2, 0) is 0 Å². The van der Waals surface area contributed by atoms with Gasteiger partial charge in [-0.2, -0.15) is 5.10 Å². The fourth-order valence-corrected chi connectivity index (χ4v) is 1.75. The summed E-state index contributed by atoms with van der Waals surface area (Å²) in [5.41, 5.74) is 1.69. The van der Waals surface area contributed by atoms with E-state index in [2.05, 4.69) is 5.10 Å². The third kappa shape index (κ3) is 2.56. The Morgan fingerprint density at radius 3 is 2.53 bits per heavy atom. The lowest BCUT2D eigenvalue weighted by atomic mass is 10.1. The van der Waals surface area contributed by atoms with Gasteiger partial charge in [-0.1, -0.05) is 11.6 Å². The average Bonchev–Trinajstić information content (AvgIpc) is 2.75. The van der Waals surface area contributed by atoms with E-state index in [0.717, 1.165) is 5.56 Å². The van der Waals surface area contributed by atoms with E-state index in [1.807, 2.05) is 20.0 Å². The molecule has 0 N–H and O–H groups in total. The zero-order valence-corrected chi connectivity index (χ0v) is 10.5. The summed E-state index contributed by atoms with van der Waals surface area (Å²) in [6, 6.07) is 6.60. The molecule has 0 bridgehead atoms. The van der Waals surface area contributed by atoms with Crippen LogP contribution < -0.4 is 0 Å². The van der Waals surface area contributed by atoms with Crippen molar-refractivity contribution < 1.29 is 4.79 Å². The minimum Gasteiger partial charge on any atom is -0.292 e. The highest BCUT2D eigenvalue weighted by Gasteiger charge is 2.17. The van der Waals surface area contributed by atoms with Gasteiger partial charge in [0, 0.05) is 16.8 Å². The highest BCUT2D eigenvalue weighted by molar-refractivity contribution is 6.30. The Hall–Kier alpha value is -1.61. The number of carbonyl (C=O) groups excluding carboxylic acids is 1. The van der Waals surface area contributed by atoms with Gasteiger partial charge in [0.25, 0.3) is 0 Å². The Morgan fingerprint density at radius 2 is 2.00 bits per heavy atom. The van der Waals surface area contributed by atoms with Gasteiger partial charge in [0.1, 0.15) is 6.04 Å². The van der Waals surface area contributed by atoms with Gasteiger partial charge in [0.05, 0.1) is 6.20 Å². The molecule has 17 heavy (non-hydrogen) atoms. The van der Waals surface area contributed by atoms with Gasteiger partial charge in [0.15, 0.2) is 5.78 Å². The molecule has 0 spiro atoms. The first-order valence-electron chi connectivity index (χ1n) is 5.38. The van der Waals surface area contributed by atoms with E-state index in [-0.39, 0.29) is 11.8 Å². The summed E-state index contributed by atoms with van der Waals surface area (Å²) in [6.07, 6.45) is 3.60. The van der Waals surface area contributed by atoms with Crippen molar-refractivity contribution in [1.82, 2.24) is 9.78 Å². The molecular weight excluding hydrogens is 236 g/mol. The van der Waals surface area contributed by atoms with Gasteiger partial charge in [-0.3, -0.25) is 9.48 Å². The number of nitrogens with zero attached hydrogens (tertiary/aromatic N) is 2. The number of carbonyl (C=O) groups is 1. The average molecular weight is 249 g/mol. The SMILES string of the molecule is Cc1cnn(C(C)C(=O)c2ccc(Cl)cc2)c1. The molecule has 0 aliphatic carbocycles. The lowest BCUT2D eigenvalue weighted by Crippen LogP contribution is -2.17. The maximum atomic E-state index is 12.2. The number of halogens is 1. The van der Waals surface area contributed by atoms with Crippen LogP contribution in [0.2, 0.25) is 5.02 Å². The van der Waals surface area contributed by atoms with Crippen LogP contribution in [0.4, 0.5) is 0 Å². The molecule has 1 aromatic heterocycles. The summed E-state index contributed by atoms with van der Waals surface area (Å²) in [4.78, 5) is 12.2. The van der Waals surface area contributed by atoms with E-state index >= 15 is 0 Å². The third-order valence-electron chi connectivity index (χ3n) is 2.64. The smallest absolute Gasteiger partial charge is 0.187 e. The lowest BCUT2D eigenvalue weighted by molar-refractivity contribution is 0.0928. The minimum atomic E-state index is -0.301. The summed E-state index contributed by atoms with van der Waals surface area (Å²) in [6.45, 7) is 3.78. The predicted molar refractivity (Wildman–Crippen MR) is 67.5 cm³/mol. The van der Waals surface area contributed by atoms with Crippen LogP contribution >= 0.6 is 11.6 Å². The molecule has 2 aromatic rings. The molecule has 3 nitrogen and oxygen atoms in total. The van der Waals surface area contributed by atoms with E-state index in [1.165, 1.54) is 0 Å². The molecule has 0 saturated heterocycles. The van der Waals surface area contributed by atoms with Gasteiger partial charge >= 0.3 is 0 Å². The normalized spacial score (nSPS) is 12.4. The van der Waals surface area contributed by atoms with Crippen molar-refractivity contribution in [1.29, 1.82) is 0 Å². The van der Waals surface area contributed by atoms with Crippen molar-refractivity contribution in [3.05, 3.63) is 52.8 Å². The molecule has 0 fully saturated rings. The van der Waals surface area contributed by atoms with E-state index in [4.69, 9.17) is 11.6 Å². The van der Waals surface area contributed by atoms with Crippen LogP contribution in [0.1, 0.15) is 28.9 Å². The molecule has 0 radical (unpaired) electrons. The first kappa shape index (κ1) is 11.9. The van der Waals surface area contributed by atoms with Crippen molar-refractivity contribution >= 4 is 17.4 Å². The summed E-state index contributed by atoms with van der Waals surface area (Å²) in [5, 5.41) is 4.78. The van der Waals surface area contributed by atoms with Crippen molar-refractivity contribution in [2.24, 2.45) is 0 Å². The van der Waals surface area contributed by atoms with E-state index in [0.29, 0.717) is 10.6 Å². The second-order valence-electron chi connectivity index (χ2n) is 4.04. The molecule has 1 heterocycles. The van der Waals surface area contributed by atoms with Crippen LogP contribution in [0.15, 0.2) is 36.7 Å². The summed E-state index contributed by atoms with van der Waals surface area (Å²) < 4.78 is 1.67. The zero-order chi connectivity index (χ0) is 12.4. The van der Waals surface area contributed by atoms with Crippen LogP contribution in [0.3, 0.4) is 0 Å². The Bertz CT molecular complexity index is 531. The van der Waals surface area contributed by atoms with E-state index < -0.39 is 0 Å². The highest BCUT2D eigenvalue weighted by Crippen LogP contribution is 2.16. The van der Waals surface area contributed by atoms with Crippen molar-refractivity contribution in [2.45, 2.75) is 19.9 Å². The van der Waals surface area contributed by atoms with Gasteiger partial charge in [-0.25, -0.2) is 0 Å². The number of Topliss-reactive ketones (excluding diaryl/α,β-unsaturated/α-hetero) is 1. The minimum absolute atomic E-state index is 0.0322. The zero-order valence-electron chi connectivity index (χ0n) is 9.72. The quantitative estimate of drug-likeness (QED) is 0.782. The third-order valence-corrected chi connectivity index (χ3v) is 2.89. The molecule has 4 heteroatoms. The molecule has 0 saturated carbocycles. The number of rotatable bonds is 3. The van der Waals surface area contributed by atoms with Crippen LogP contribution in [-0.4, -0.2) is 15.6 Å². The summed E-state index contributed by atoms with van der Waals surface area (Å²) >= 11 is 5.79. The first-order valence-corrected chi connectivity index (χ1v) is 5.76. The molecule has 0 aliphatic heterocycles. The Morgan fingerprint density at radius 1 is 1.35 bits per heavy atom. The van der Waals surface area contributed by atoms with Crippen LogP contribution in [0, 0.1) is 6.92 Å². The van der Waals surface area contributed by atoms with Gasteiger partial charge < -0.3 is 0 Å². The summed E-state index contributed by atoms with van der Waals surface area (Å²) in [7, 11) is 0. The van der Waals surface area contributed by atoms with Crippen molar-refractivity contribution in [3.63, 3.8) is 0 Å². The van der Waals surface area contributed by atoms with Crippen molar-refractivity contribution in [2.75, 3.05) is 0 Å². The predicted octanol–water partition coefficient (Wildman–Crippen LogP) is 3.29. The Kier molecular flexibility index (Phi) is 3.29. The first-order chi connectivity index (χ1) is 8.08. The van der Waals surface area contributed by atoms with E-state index in [1.54, 1.807) is 35.1 Å². The standard InChI is InChI=1S/C13H13ClN2O/c1-9-7-15-16(8-9)10(2)13(17)11-3-5-12(14)6-4-11/h3-8,10H,1-2H3. The van der Waals surface area contributed by atoms with Crippen molar-refractivity contribution in [3.8, 4) is 0 Å². The maximum absolute atomic E-state index is 12.2. The van der Waals surface area contributed by atoms with Gasteiger partial charge in [0.2, 0.25) is 0 Å². The Labute approximate surface area is 105 Å². The molecule has 1 atom stereocenters. The fourth-order valence-electron chi connectivity index (χ4n) is 1.62. The lowest BCUT2D eigenvalue weighted by Gasteiger charge is -2.10. The van der Waals surface area contributed by atoms with E-state index in [9.17, 15) is 4.79 Å². The molecular formula is C13H13ClN2O. The molecule has 1 unspecified atom stereocenters. The molecule has 1 aromatic carbocycles. The highest BCUT2D eigenvalue weighted by atomic mass is 35.5. The number of hydrogen-bond donors (Lipinski definition) is 0. The summed E-state index contributed by atoms with van der Waals surface area (Å²) in [5.74, 6) is 0.0322. The Balaban J connectivity index is 2.23. The molecule has 0 aliphatic rings. The molecule has 0 amide bonds. The van der Waals surface area contributed by atoms with Gasteiger partial charge in [-0.15, -0.1) is 0 Å². The van der Waals surface area contributed by atoms with Crippen LogP contribution in [0.25, 0.3) is 0 Å². The van der Waals surface area contributed by atoms with Gasteiger partial charge in [-0.05, 0) is 43.7 Å². The number of benzene rings is 1. The molecule has 88 valence electrons. The van der Waals surface area contributed by atoms with Crippen LogP contribution in [0.5, 0.6) is 0 Å².